The molecule has 14 heavy (non-hydrogen) atoms. The van der Waals surface area contributed by atoms with Gasteiger partial charge in [-0.2, -0.15) is 8.42 Å². The Bertz CT molecular complexity index is 310. The average molecular weight is 230 g/mol. The number of rotatable bonds is 4. The van der Waals surface area contributed by atoms with Gasteiger partial charge in [-0.25, -0.2) is 0 Å². The molecule has 0 saturated heterocycles. The van der Waals surface area contributed by atoms with E-state index in [1.165, 1.54) is 13.8 Å². The molecule has 7 heteroatoms. The van der Waals surface area contributed by atoms with Crippen LogP contribution in [-0.4, -0.2) is 59.7 Å². The number of carbonyl (C=O) groups is 1. The van der Waals surface area contributed by atoms with Crippen LogP contribution in [0.3, 0.4) is 0 Å². The van der Waals surface area contributed by atoms with Crippen LogP contribution in [0, 0.1) is 0 Å². The Morgan fingerprint density at radius 3 is 2.29 bits per heavy atom. The van der Waals surface area contributed by atoms with Gasteiger partial charge < -0.3 is 5.32 Å². The van der Waals surface area contributed by atoms with Gasteiger partial charge >= 0.3 is 0 Å². The molecule has 0 spiro atoms. The fraction of sp³-hybridized carbons (Fsp3) is 0.571. The summed E-state index contributed by atoms with van der Waals surface area (Å²) in [6.45, 7) is 6.19. The summed E-state index contributed by atoms with van der Waals surface area (Å²) in [5, 5.41) is 2.37. The number of nitrogens with one attached hydrogen (secondary N) is 1. The van der Waals surface area contributed by atoms with Crippen LogP contribution in [0.5, 0.6) is 0 Å². The van der Waals surface area contributed by atoms with Crippen molar-refractivity contribution in [3.8, 4) is 0 Å². The van der Waals surface area contributed by atoms with Crippen LogP contribution in [0.4, 0.5) is 0 Å². The van der Waals surface area contributed by atoms with Crippen molar-refractivity contribution in [2.24, 2.45) is 0 Å². The fourth-order valence-electron chi connectivity index (χ4n) is 0.877. The number of hydrogen-bond donors (Lipinski definition) is 2. The molecule has 0 bridgehead atoms. The molecule has 5 nitrogen and oxygen atoms in total. The minimum Gasteiger partial charge on any atom is -0.347 e. The SMILES string of the molecule is C=CC(=O)NC(C)(C)CS(=O)(=O)O.[Na]. The van der Waals surface area contributed by atoms with E-state index < -0.39 is 27.3 Å². The third kappa shape index (κ3) is 8.71. The summed E-state index contributed by atoms with van der Waals surface area (Å²) in [6, 6.07) is 0. The molecule has 77 valence electrons. The Balaban J connectivity index is 0. The van der Waals surface area contributed by atoms with Crippen LogP contribution in [0.25, 0.3) is 0 Å². The Morgan fingerprint density at radius 1 is 1.57 bits per heavy atom. The molecule has 0 saturated carbocycles. The van der Waals surface area contributed by atoms with Crippen LogP contribution in [-0.2, 0) is 14.9 Å². The summed E-state index contributed by atoms with van der Waals surface area (Å²) in [6.07, 6.45) is 1.03. The Kier molecular flexibility index (Phi) is 6.94. The molecular weight excluding hydrogens is 217 g/mol. The second-order valence-corrected chi connectivity index (χ2v) is 4.76. The molecule has 0 rings (SSSR count). The van der Waals surface area contributed by atoms with Crippen molar-refractivity contribution in [3.63, 3.8) is 0 Å². The zero-order valence-electron chi connectivity index (χ0n) is 8.57. The third-order valence-corrected chi connectivity index (χ3v) is 2.28. The summed E-state index contributed by atoms with van der Waals surface area (Å²) in [7, 11) is -4.08. The van der Waals surface area contributed by atoms with Crippen LogP contribution >= 0.6 is 0 Å². The molecule has 1 radical (unpaired) electrons. The average Bonchev–Trinajstić information content (AvgIpc) is 1.80. The molecule has 0 aliphatic heterocycles. The molecular formula is C7H13NNaO4S. The fourth-order valence-corrected chi connectivity index (χ4v) is 1.86. The van der Waals surface area contributed by atoms with Crippen LogP contribution < -0.4 is 5.32 Å². The van der Waals surface area contributed by atoms with E-state index in [-0.39, 0.29) is 29.6 Å². The minimum atomic E-state index is -4.08. The first-order chi connectivity index (χ1) is 5.66. The first-order valence-corrected chi connectivity index (χ1v) is 5.17. The predicted octanol–water partition coefficient (Wildman–Crippen LogP) is -0.426. The molecule has 0 aromatic carbocycles. The summed E-state index contributed by atoms with van der Waals surface area (Å²) in [5.74, 6) is -1.01. The van der Waals surface area contributed by atoms with Crippen molar-refractivity contribution >= 4 is 45.6 Å². The molecule has 0 aromatic rings. The number of amides is 1. The predicted molar refractivity (Wildman–Crippen MR) is 54.6 cm³/mol. The van der Waals surface area contributed by atoms with E-state index in [9.17, 15) is 13.2 Å². The van der Waals surface area contributed by atoms with Gasteiger partial charge in [0, 0.05) is 29.6 Å². The molecule has 2 N–H and O–H groups in total. The van der Waals surface area contributed by atoms with Gasteiger partial charge in [0.2, 0.25) is 5.91 Å². The second kappa shape index (κ2) is 5.87. The summed E-state index contributed by atoms with van der Waals surface area (Å²) in [4.78, 5) is 10.8. The van der Waals surface area contributed by atoms with Gasteiger partial charge in [-0.3, -0.25) is 9.35 Å². The maximum absolute atomic E-state index is 10.8. The van der Waals surface area contributed by atoms with Crippen LogP contribution in [0.2, 0.25) is 0 Å². The standard InChI is InChI=1S/C7H13NO4S.Na/c1-4-6(9)8-7(2,3)5-13(10,11)12;/h4H,1,5H2,2-3H3,(H,8,9)(H,10,11,12);. The van der Waals surface area contributed by atoms with Crippen molar-refractivity contribution in [1.29, 1.82) is 0 Å². The third-order valence-electron chi connectivity index (χ3n) is 1.19. The quantitative estimate of drug-likeness (QED) is 0.390. The van der Waals surface area contributed by atoms with Crippen molar-refractivity contribution in [1.82, 2.24) is 5.32 Å². The van der Waals surface area contributed by atoms with Crippen molar-refractivity contribution in [3.05, 3.63) is 12.7 Å². The first-order valence-electron chi connectivity index (χ1n) is 3.56. The van der Waals surface area contributed by atoms with E-state index in [4.69, 9.17) is 4.55 Å². The smallest absolute Gasteiger partial charge is 0.267 e. The van der Waals surface area contributed by atoms with Gasteiger partial charge in [0.25, 0.3) is 10.1 Å². The van der Waals surface area contributed by atoms with Gasteiger partial charge in [-0.1, -0.05) is 6.58 Å². The Morgan fingerprint density at radius 2 is 2.00 bits per heavy atom. The number of hydrogen-bond acceptors (Lipinski definition) is 3. The largest absolute Gasteiger partial charge is 0.347 e. The monoisotopic (exact) mass is 230 g/mol. The number of carbonyl (C=O) groups excluding carboxylic acids is 1. The van der Waals surface area contributed by atoms with Crippen molar-refractivity contribution in [2.45, 2.75) is 19.4 Å². The van der Waals surface area contributed by atoms with Gasteiger partial charge in [0.15, 0.2) is 0 Å². The Labute approximate surface area is 106 Å². The zero-order valence-corrected chi connectivity index (χ0v) is 11.4. The summed E-state index contributed by atoms with van der Waals surface area (Å²) >= 11 is 0. The zero-order chi connectivity index (χ0) is 10.7. The van der Waals surface area contributed by atoms with Crippen LogP contribution in [0.15, 0.2) is 12.7 Å². The van der Waals surface area contributed by atoms with Crippen molar-refractivity contribution < 1.29 is 17.8 Å². The van der Waals surface area contributed by atoms with E-state index in [0.717, 1.165) is 6.08 Å². The molecule has 0 heterocycles. The van der Waals surface area contributed by atoms with E-state index in [2.05, 4.69) is 11.9 Å². The molecule has 0 aliphatic rings. The molecule has 1 amide bonds. The van der Waals surface area contributed by atoms with Crippen LogP contribution in [0.1, 0.15) is 13.8 Å². The van der Waals surface area contributed by atoms with Gasteiger partial charge in [-0.15, -0.1) is 0 Å². The van der Waals surface area contributed by atoms with Gasteiger partial charge in [0.05, 0.1) is 11.3 Å². The first kappa shape index (κ1) is 16.5. The molecule has 0 fully saturated rings. The molecule has 0 atom stereocenters. The molecule has 0 unspecified atom stereocenters. The van der Waals surface area contributed by atoms with Crippen molar-refractivity contribution in [2.75, 3.05) is 5.75 Å². The van der Waals surface area contributed by atoms with E-state index >= 15 is 0 Å². The topological polar surface area (TPSA) is 83.5 Å². The van der Waals surface area contributed by atoms with E-state index in [1.54, 1.807) is 0 Å². The normalized spacial score (nSPS) is 11.4. The summed E-state index contributed by atoms with van der Waals surface area (Å²) < 4.78 is 29.5. The minimum absolute atomic E-state index is 0. The van der Waals surface area contributed by atoms with Gasteiger partial charge in [0.1, 0.15) is 0 Å². The summed E-state index contributed by atoms with van der Waals surface area (Å²) in [5.41, 5.74) is -1.00. The maximum atomic E-state index is 10.8. The second-order valence-electron chi connectivity index (χ2n) is 3.30. The van der Waals surface area contributed by atoms with E-state index in [1.807, 2.05) is 0 Å². The molecule has 0 aromatic heterocycles. The molecule has 0 aliphatic carbocycles. The maximum Gasteiger partial charge on any atom is 0.267 e. The Hall–Kier alpha value is 0.120. The van der Waals surface area contributed by atoms with Gasteiger partial charge in [-0.05, 0) is 19.9 Å². The van der Waals surface area contributed by atoms with E-state index in [0.29, 0.717) is 0 Å².